The maximum Gasteiger partial charge on any atom is 0.305 e. The molecule has 2 aliphatic heterocycles. The molecular weight excluding hydrogens is 279 g/mol. The number of halogens is 1. The largest absolute Gasteiger partial charge is 0.486 e. The van der Waals surface area contributed by atoms with Crippen LogP contribution in [0.15, 0.2) is 12.1 Å². The number of hydrogen-bond donors (Lipinski definition) is 1. The molecule has 1 fully saturated rings. The minimum absolute atomic E-state index is 0.130. The predicted octanol–water partition coefficient (Wildman–Crippen LogP) is 1.50. The van der Waals surface area contributed by atoms with Crippen molar-refractivity contribution in [3.8, 4) is 5.75 Å². The van der Waals surface area contributed by atoms with Gasteiger partial charge in [0.1, 0.15) is 11.4 Å². The fourth-order valence-electron chi connectivity index (χ4n) is 3.18. The summed E-state index contributed by atoms with van der Waals surface area (Å²) in [4.78, 5) is 12.2. The van der Waals surface area contributed by atoms with Gasteiger partial charge in [-0.3, -0.25) is 10.1 Å². The van der Waals surface area contributed by atoms with E-state index in [4.69, 9.17) is 9.84 Å². The van der Waals surface area contributed by atoms with Gasteiger partial charge in [0.15, 0.2) is 0 Å². The second-order valence-corrected chi connectivity index (χ2v) is 5.70. The van der Waals surface area contributed by atoms with Crippen LogP contribution in [0.3, 0.4) is 0 Å². The third-order valence-electron chi connectivity index (χ3n) is 4.35. The number of likely N-dealkylation sites (tertiary alicyclic amines) is 1. The van der Waals surface area contributed by atoms with Gasteiger partial charge in [0.2, 0.25) is 5.82 Å². The first-order chi connectivity index (χ1) is 10.0. The van der Waals surface area contributed by atoms with E-state index < -0.39 is 16.4 Å². The van der Waals surface area contributed by atoms with E-state index in [9.17, 15) is 14.5 Å². The predicted molar refractivity (Wildman–Crippen MR) is 72.9 cm³/mol. The van der Waals surface area contributed by atoms with Crippen LogP contribution in [0.4, 0.5) is 10.1 Å². The number of nitrogens with zero attached hydrogens (tertiary/aromatic N) is 2. The molecule has 2 heterocycles. The van der Waals surface area contributed by atoms with E-state index in [1.807, 2.05) is 0 Å². The number of nitro benzene ring substituents is 1. The molecule has 6 nitrogen and oxygen atoms in total. The molecule has 0 aliphatic carbocycles. The molecule has 114 valence electrons. The molecule has 1 N–H and O–H groups in total. The minimum Gasteiger partial charge on any atom is -0.486 e. The standard InChI is InChI=1S/C14H17FN2O4/c15-11-8-13-10(7-12(11)17(19)20)9-14(21-13)1-3-16(4-2-14)5-6-18/h7-8,18H,1-6,9H2. The Morgan fingerprint density at radius 1 is 1.43 bits per heavy atom. The third-order valence-corrected chi connectivity index (χ3v) is 4.35. The van der Waals surface area contributed by atoms with Gasteiger partial charge in [0.05, 0.1) is 11.5 Å². The monoisotopic (exact) mass is 296 g/mol. The minimum atomic E-state index is -0.853. The number of nitro groups is 1. The molecule has 21 heavy (non-hydrogen) atoms. The van der Waals surface area contributed by atoms with Crippen LogP contribution in [0.2, 0.25) is 0 Å². The Bertz CT molecular complexity index is 570. The van der Waals surface area contributed by atoms with Crippen LogP contribution in [0.1, 0.15) is 18.4 Å². The van der Waals surface area contributed by atoms with E-state index in [0.717, 1.165) is 32.0 Å². The molecular formula is C14H17FN2O4. The zero-order chi connectivity index (χ0) is 15.0. The van der Waals surface area contributed by atoms with Crippen molar-refractivity contribution in [3.63, 3.8) is 0 Å². The van der Waals surface area contributed by atoms with Crippen LogP contribution in [0.5, 0.6) is 5.75 Å². The smallest absolute Gasteiger partial charge is 0.305 e. The summed E-state index contributed by atoms with van der Waals surface area (Å²) in [6.07, 6.45) is 2.13. The molecule has 3 rings (SSSR count). The lowest BCUT2D eigenvalue weighted by molar-refractivity contribution is -0.387. The van der Waals surface area contributed by atoms with E-state index >= 15 is 0 Å². The number of piperidine rings is 1. The summed E-state index contributed by atoms with van der Waals surface area (Å²) in [6, 6.07) is 2.42. The fraction of sp³-hybridized carbons (Fsp3) is 0.571. The summed E-state index contributed by atoms with van der Waals surface area (Å²) in [5.41, 5.74) is -0.165. The normalized spacial score (nSPS) is 20.3. The molecule has 0 unspecified atom stereocenters. The summed E-state index contributed by atoms with van der Waals surface area (Å²) in [7, 11) is 0. The summed E-state index contributed by atoms with van der Waals surface area (Å²) < 4.78 is 19.6. The van der Waals surface area contributed by atoms with Crippen LogP contribution < -0.4 is 4.74 Å². The summed E-state index contributed by atoms with van der Waals surface area (Å²) in [6.45, 7) is 2.38. The first-order valence-corrected chi connectivity index (χ1v) is 7.02. The lowest BCUT2D eigenvalue weighted by Crippen LogP contribution is -2.47. The lowest BCUT2D eigenvalue weighted by atomic mass is 9.87. The van der Waals surface area contributed by atoms with Gasteiger partial charge in [-0.2, -0.15) is 4.39 Å². The van der Waals surface area contributed by atoms with Gasteiger partial charge in [-0.05, 0) is 0 Å². The SMILES string of the molecule is O=[N+]([O-])c1cc2c(cc1F)OC1(CCN(CCO)CC1)C2. The van der Waals surface area contributed by atoms with Crippen LogP contribution in [-0.4, -0.2) is 46.8 Å². The van der Waals surface area contributed by atoms with Gasteiger partial charge in [0.25, 0.3) is 0 Å². The van der Waals surface area contributed by atoms with Gasteiger partial charge >= 0.3 is 5.69 Å². The Morgan fingerprint density at radius 2 is 2.14 bits per heavy atom. The van der Waals surface area contributed by atoms with Crippen LogP contribution in [-0.2, 0) is 6.42 Å². The van der Waals surface area contributed by atoms with Gasteiger partial charge in [-0.1, -0.05) is 0 Å². The number of aliphatic hydroxyl groups is 1. The molecule has 1 aromatic carbocycles. The fourth-order valence-corrected chi connectivity index (χ4v) is 3.18. The van der Waals surface area contributed by atoms with Crippen molar-refractivity contribution in [2.45, 2.75) is 24.9 Å². The van der Waals surface area contributed by atoms with Crippen molar-refractivity contribution in [2.24, 2.45) is 0 Å². The second-order valence-electron chi connectivity index (χ2n) is 5.70. The second kappa shape index (κ2) is 5.23. The highest BCUT2D eigenvalue weighted by molar-refractivity contribution is 5.48. The number of ether oxygens (including phenoxy) is 1. The van der Waals surface area contributed by atoms with E-state index in [1.165, 1.54) is 6.07 Å². The van der Waals surface area contributed by atoms with E-state index in [0.29, 0.717) is 24.3 Å². The molecule has 0 saturated carbocycles. The Labute approximate surface area is 121 Å². The van der Waals surface area contributed by atoms with Gasteiger partial charge in [-0.25, -0.2) is 0 Å². The van der Waals surface area contributed by atoms with Gasteiger partial charge in [0, 0.05) is 56.6 Å². The van der Waals surface area contributed by atoms with Crippen LogP contribution in [0.25, 0.3) is 0 Å². The van der Waals surface area contributed by atoms with Crippen molar-refractivity contribution in [1.29, 1.82) is 0 Å². The number of hydrogen-bond acceptors (Lipinski definition) is 5. The highest BCUT2D eigenvalue weighted by Gasteiger charge is 2.43. The lowest BCUT2D eigenvalue weighted by Gasteiger charge is -2.38. The van der Waals surface area contributed by atoms with Crippen LogP contribution >= 0.6 is 0 Å². The first kappa shape index (κ1) is 14.2. The molecule has 1 aromatic rings. The molecule has 0 aromatic heterocycles. The summed E-state index contributed by atoms with van der Waals surface area (Å²) in [5, 5.41) is 19.8. The molecule has 1 saturated heterocycles. The molecule has 1 spiro atoms. The number of fused-ring (bicyclic) bond motifs is 1. The molecule has 0 radical (unpaired) electrons. The maximum absolute atomic E-state index is 13.7. The Morgan fingerprint density at radius 3 is 2.76 bits per heavy atom. The van der Waals surface area contributed by atoms with Crippen molar-refractivity contribution < 1.29 is 19.2 Å². The van der Waals surface area contributed by atoms with Crippen molar-refractivity contribution >= 4 is 5.69 Å². The first-order valence-electron chi connectivity index (χ1n) is 7.02. The maximum atomic E-state index is 13.7. The number of β-amino-alcohol motifs (C(OH)–C–C–N with tert-alkyl or cyclic N) is 1. The number of aliphatic hydroxyl groups excluding tert-OH is 1. The molecule has 0 bridgehead atoms. The highest BCUT2D eigenvalue weighted by atomic mass is 19.1. The zero-order valence-corrected chi connectivity index (χ0v) is 11.5. The molecule has 7 heteroatoms. The highest BCUT2D eigenvalue weighted by Crippen LogP contribution is 2.43. The average molecular weight is 296 g/mol. The Balaban J connectivity index is 1.77. The quantitative estimate of drug-likeness (QED) is 0.675. The van der Waals surface area contributed by atoms with E-state index in [-0.39, 0.29) is 12.2 Å². The van der Waals surface area contributed by atoms with E-state index in [1.54, 1.807) is 0 Å². The molecule has 0 atom stereocenters. The van der Waals surface area contributed by atoms with Crippen molar-refractivity contribution in [2.75, 3.05) is 26.2 Å². The Hall–Kier alpha value is -1.73. The third kappa shape index (κ3) is 2.58. The summed E-state index contributed by atoms with van der Waals surface area (Å²) in [5.74, 6) is -0.428. The zero-order valence-electron chi connectivity index (χ0n) is 11.5. The van der Waals surface area contributed by atoms with Crippen molar-refractivity contribution in [3.05, 3.63) is 33.6 Å². The van der Waals surface area contributed by atoms with Crippen LogP contribution in [0, 0.1) is 15.9 Å². The molecule has 2 aliphatic rings. The van der Waals surface area contributed by atoms with E-state index in [2.05, 4.69) is 4.90 Å². The number of rotatable bonds is 3. The van der Waals surface area contributed by atoms with Gasteiger partial charge in [-0.15, -0.1) is 0 Å². The topological polar surface area (TPSA) is 75.8 Å². The van der Waals surface area contributed by atoms with Crippen molar-refractivity contribution in [1.82, 2.24) is 4.90 Å². The summed E-state index contributed by atoms with van der Waals surface area (Å²) >= 11 is 0. The Kier molecular flexibility index (Phi) is 3.54. The number of benzene rings is 1. The van der Waals surface area contributed by atoms with Gasteiger partial charge < -0.3 is 14.7 Å². The average Bonchev–Trinajstić information content (AvgIpc) is 2.78. The molecule has 0 amide bonds.